The summed E-state index contributed by atoms with van der Waals surface area (Å²) < 4.78 is 5.28. The van der Waals surface area contributed by atoms with E-state index in [1.54, 1.807) is 0 Å². The van der Waals surface area contributed by atoms with Crippen molar-refractivity contribution in [1.29, 1.82) is 0 Å². The van der Waals surface area contributed by atoms with E-state index in [2.05, 4.69) is 26.8 Å². The van der Waals surface area contributed by atoms with E-state index in [0.29, 0.717) is 18.4 Å². The third-order valence-corrected chi connectivity index (χ3v) is 4.89. The highest BCUT2D eigenvalue weighted by Gasteiger charge is 2.25. The smallest absolute Gasteiger partial charge is 0.236 e. The molecule has 1 unspecified atom stereocenters. The largest absolute Gasteiger partial charge is 0.360 e. The standard InChI is InChI=1S/C17H28N4O2/c1-14-4-3-5-21(11-14)17(22)13-20-8-6-19(7-9-20)12-16-10-15(2)18-23-16/h10,14H,3-9,11-13H2,1-2H3. The molecule has 0 aromatic carbocycles. The number of aromatic nitrogens is 1. The van der Waals surface area contributed by atoms with Gasteiger partial charge in [-0.2, -0.15) is 0 Å². The van der Waals surface area contributed by atoms with Crippen LogP contribution in [-0.2, 0) is 11.3 Å². The maximum atomic E-state index is 12.4. The minimum atomic E-state index is 0.302. The second-order valence-electron chi connectivity index (χ2n) is 7.07. The van der Waals surface area contributed by atoms with E-state index >= 15 is 0 Å². The molecule has 1 amide bonds. The third-order valence-electron chi connectivity index (χ3n) is 4.89. The van der Waals surface area contributed by atoms with Crippen LogP contribution in [0, 0.1) is 12.8 Å². The highest BCUT2D eigenvalue weighted by molar-refractivity contribution is 5.78. The number of hydrogen-bond acceptors (Lipinski definition) is 5. The van der Waals surface area contributed by atoms with Crippen LogP contribution < -0.4 is 0 Å². The highest BCUT2D eigenvalue weighted by Crippen LogP contribution is 2.16. The molecule has 1 atom stereocenters. The summed E-state index contributed by atoms with van der Waals surface area (Å²) in [6.07, 6.45) is 2.40. The first-order valence-electron chi connectivity index (χ1n) is 8.75. The van der Waals surface area contributed by atoms with Crippen LogP contribution in [0.2, 0.25) is 0 Å². The molecule has 2 aliphatic heterocycles. The van der Waals surface area contributed by atoms with Crippen LogP contribution in [0.3, 0.4) is 0 Å². The van der Waals surface area contributed by atoms with E-state index in [1.165, 1.54) is 6.42 Å². The molecule has 0 aliphatic carbocycles. The van der Waals surface area contributed by atoms with Gasteiger partial charge in [0.05, 0.1) is 18.8 Å². The van der Waals surface area contributed by atoms with Gasteiger partial charge in [-0.15, -0.1) is 0 Å². The highest BCUT2D eigenvalue weighted by atomic mass is 16.5. The second-order valence-corrected chi connectivity index (χ2v) is 7.07. The average Bonchev–Trinajstić information content (AvgIpc) is 2.94. The fourth-order valence-electron chi connectivity index (χ4n) is 3.52. The molecule has 3 rings (SSSR count). The number of carbonyl (C=O) groups is 1. The summed E-state index contributed by atoms with van der Waals surface area (Å²) in [5.74, 6) is 1.88. The molecule has 23 heavy (non-hydrogen) atoms. The summed E-state index contributed by atoms with van der Waals surface area (Å²) >= 11 is 0. The number of rotatable bonds is 4. The molecule has 1 aromatic heterocycles. The Kier molecular flexibility index (Phi) is 5.33. The zero-order chi connectivity index (χ0) is 16.2. The predicted octanol–water partition coefficient (Wildman–Crippen LogP) is 1.36. The number of hydrogen-bond donors (Lipinski definition) is 0. The fraction of sp³-hybridized carbons (Fsp3) is 0.765. The molecule has 3 heterocycles. The van der Waals surface area contributed by atoms with Gasteiger partial charge in [-0.1, -0.05) is 12.1 Å². The first kappa shape index (κ1) is 16.5. The lowest BCUT2D eigenvalue weighted by atomic mass is 10.0. The van der Waals surface area contributed by atoms with E-state index in [1.807, 2.05) is 13.0 Å². The van der Waals surface area contributed by atoms with Gasteiger partial charge in [0.25, 0.3) is 0 Å². The summed E-state index contributed by atoms with van der Waals surface area (Å²) in [7, 11) is 0. The number of likely N-dealkylation sites (tertiary alicyclic amines) is 1. The maximum absolute atomic E-state index is 12.4. The molecule has 0 N–H and O–H groups in total. The molecule has 6 nitrogen and oxygen atoms in total. The van der Waals surface area contributed by atoms with Gasteiger partial charge in [0.15, 0.2) is 5.76 Å². The van der Waals surface area contributed by atoms with Gasteiger partial charge in [0, 0.05) is 45.3 Å². The lowest BCUT2D eigenvalue weighted by Gasteiger charge is -2.36. The third kappa shape index (κ3) is 4.54. The molecule has 1 aromatic rings. The molecule has 6 heteroatoms. The number of aryl methyl sites for hydroxylation is 1. The molecule has 0 bridgehead atoms. The van der Waals surface area contributed by atoms with Crippen molar-refractivity contribution in [1.82, 2.24) is 19.9 Å². The van der Waals surface area contributed by atoms with E-state index in [-0.39, 0.29) is 0 Å². The van der Waals surface area contributed by atoms with Gasteiger partial charge in [0.1, 0.15) is 0 Å². The molecule has 2 fully saturated rings. The Bertz CT molecular complexity index is 522. The molecule has 2 aliphatic rings. The maximum Gasteiger partial charge on any atom is 0.236 e. The number of piperidine rings is 1. The van der Waals surface area contributed by atoms with Crippen molar-refractivity contribution >= 4 is 5.91 Å². The normalized spacial score (nSPS) is 24.1. The van der Waals surface area contributed by atoms with E-state index < -0.39 is 0 Å². The summed E-state index contributed by atoms with van der Waals surface area (Å²) in [5, 5.41) is 3.93. The molecule has 0 radical (unpaired) electrons. The van der Waals surface area contributed by atoms with Gasteiger partial charge >= 0.3 is 0 Å². The Morgan fingerprint density at radius 3 is 2.65 bits per heavy atom. The summed E-state index contributed by atoms with van der Waals surface area (Å²) in [6, 6.07) is 1.99. The number of nitrogens with zero attached hydrogens (tertiary/aromatic N) is 4. The number of carbonyl (C=O) groups excluding carboxylic acids is 1. The SMILES string of the molecule is Cc1cc(CN2CCN(CC(=O)N3CCCC(C)C3)CC2)on1. The Morgan fingerprint density at radius 1 is 1.26 bits per heavy atom. The molecular formula is C17H28N4O2. The van der Waals surface area contributed by atoms with Gasteiger partial charge in [-0.3, -0.25) is 14.6 Å². The van der Waals surface area contributed by atoms with Gasteiger partial charge < -0.3 is 9.42 Å². The summed E-state index contributed by atoms with van der Waals surface area (Å²) in [5.41, 5.74) is 0.931. The minimum absolute atomic E-state index is 0.302. The Balaban J connectivity index is 1.41. The molecular weight excluding hydrogens is 292 g/mol. The van der Waals surface area contributed by atoms with Gasteiger partial charge in [0.2, 0.25) is 5.91 Å². The van der Waals surface area contributed by atoms with Gasteiger partial charge in [-0.05, 0) is 25.7 Å². The zero-order valence-electron chi connectivity index (χ0n) is 14.3. The van der Waals surface area contributed by atoms with E-state index in [0.717, 1.165) is 63.7 Å². The van der Waals surface area contributed by atoms with Crippen molar-refractivity contribution in [2.45, 2.75) is 33.2 Å². The van der Waals surface area contributed by atoms with Crippen molar-refractivity contribution in [2.24, 2.45) is 5.92 Å². The van der Waals surface area contributed by atoms with Crippen LogP contribution in [0.25, 0.3) is 0 Å². The van der Waals surface area contributed by atoms with Crippen molar-refractivity contribution in [3.8, 4) is 0 Å². The molecule has 128 valence electrons. The second kappa shape index (κ2) is 7.45. The summed E-state index contributed by atoms with van der Waals surface area (Å²) in [6.45, 7) is 11.3. The minimum Gasteiger partial charge on any atom is -0.360 e. The Labute approximate surface area is 138 Å². The van der Waals surface area contributed by atoms with Crippen LogP contribution in [0.15, 0.2) is 10.6 Å². The Morgan fingerprint density at radius 2 is 2.00 bits per heavy atom. The Hall–Kier alpha value is -1.40. The topological polar surface area (TPSA) is 52.8 Å². The van der Waals surface area contributed by atoms with Crippen LogP contribution in [-0.4, -0.2) is 71.6 Å². The monoisotopic (exact) mass is 320 g/mol. The van der Waals surface area contributed by atoms with Crippen LogP contribution in [0.4, 0.5) is 0 Å². The average molecular weight is 320 g/mol. The fourth-order valence-corrected chi connectivity index (χ4v) is 3.52. The van der Waals surface area contributed by atoms with Crippen molar-refractivity contribution in [3.63, 3.8) is 0 Å². The number of amides is 1. The van der Waals surface area contributed by atoms with Crippen LogP contribution in [0.1, 0.15) is 31.2 Å². The lowest BCUT2D eigenvalue weighted by molar-refractivity contribution is -0.134. The predicted molar refractivity (Wildman–Crippen MR) is 87.9 cm³/mol. The van der Waals surface area contributed by atoms with Crippen molar-refractivity contribution in [2.75, 3.05) is 45.8 Å². The quantitative estimate of drug-likeness (QED) is 0.838. The zero-order valence-corrected chi connectivity index (χ0v) is 14.3. The van der Waals surface area contributed by atoms with Crippen molar-refractivity contribution in [3.05, 3.63) is 17.5 Å². The first-order chi connectivity index (χ1) is 11.1. The van der Waals surface area contributed by atoms with Crippen molar-refractivity contribution < 1.29 is 9.32 Å². The number of piperazine rings is 1. The van der Waals surface area contributed by atoms with Crippen LogP contribution >= 0.6 is 0 Å². The molecule has 2 saturated heterocycles. The lowest BCUT2D eigenvalue weighted by Crippen LogP contribution is -2.50. The van der Waals surface area contributed by atoms with E-state index in [4.69, 9.17) is 4.52 Å². The summed E-state index contributed by atoms with van der Waals surface area (Å²) in [4.78, 5) is 19.1. The first-order valence-corrected chi connectivity index (χ1v) is 8.75. The molecule has 0 saturated carbocycles. The molecule has 0 spiro atoms. The van der Waals surface area contributed by atoms with Gasteiger partial charge in [-0.25, -0.2) is 0 Å². The van der Waals surface area contributed by atoms with Crippen LogP contribution in [0.5, 0.6) is 0 Å². The van der Waals surface area contributed by atoms with E-state index in [9.17, 15) is 4.79 Å².